The maximum absolute atomic E-state index is 13.7. The number of hydrogen-bond donors (Lipinski definition) is 1. The number of benzene rings is 3. The lowest BCUT2D eigenvalue weighted by atomic mass is 10.1. The Hall–Kier alpha value is -3.54. The number of amides is 2. The molecule has 4 nitrogen and oxygen atoms in total. The highest BCUT2D eigenvalue weighted by Gasteiger charge is 2.17. The van der Waals surface area contributed by atoms with Gasteiger partial charge < -0.3 is 10.2 Å². The third-order valence-electron chi connectivity index (χ3n) is 4.35. The molecule has 2 amide bonds. The fraction of sp³-hybridized carbons (Fsp3) is 0.130. The molecule has 6 heteroatoms. The molecule has 3 aromatic rings. The average Bonchev–Trinajstić information content (AvgIpc) is 2.73. The Balaban J connectivity index is 1.64. The lowest BCUT2D eigenvalue weighted by Crippen LogP contribution is -2.34. The van der Waals surface area contributed by atoms with Crippen molar-refractivity contribution in [1.82, 2.24) is 5.32 Å². The predicted octanol–water partition coefficient (Wildman–Crippen LogP) is 4.32. The Bertz CT molecular complexity index is 979. The van der Waals surface area contributed by atoms with Crippen molar-refractivity contribution < 1.29 is 18.4 Å². The van der Waals surface area contributed by atoms with E-state index >= 15 is 0 Å². The van der Waals surface area contributed by atoms with Gasteiger partial charge in [0, 0.05) is 24.7 Å². The Morgan fingerprint density at radius 3 is 2.17 bits per heavy atom. The van der Waals surface area contributed by atoms with E-state index in [4.69, 9.17) is 0 Å². The molecule has 29 heavy (non-hydrogen) atoms. The van der Waals surface area contributed by atoms with Crippen LogP contribution in [-0.2, 0) is 11.3 Å². The number of para-hydroxylation sites is 1. The summed E-state index contributed by atoms with van der Waals surface area (Å²) in [6.07, 6.45) is 0.0380. The van der Waals surface area contributed by atoms with E-state index in [9.17, 15) is 18.4 Å². The van der Waals surface area contributed by atoms with Crippen molar-refractivity contribution in [2.45, 2.75) is 13.0 Å². The van der Waals surface area contributed by atoms with Crippen LogP contribution in [0.2, 0.25) is 0 Å². The molecular formula is C23H20F2N2O2. The Labute approximate surface area is 167 Å². The van der Waals surface area contributed by atoms with Crippen molar-refractivity contribution in [2.75, 3.05) is 11.4 Å². The first kappa shape index (κ1) is 20.2. The minimum Gasteiger partial charge on any atom is -0.351 e. The van der Waals surface area contributed by atoms with Gasteiger partial charge >= 0.3 is 0 Å². The van der Waals surface area contributed by atoms with Crippen molar-refractivity contribution in [2.24, 2.45) is 0 Å². The predicted molar refractivity (Wildman–Crippen MR) is 107 cm³/mol. The average molecular weight is 394 g/mol. The number of halogens is 2. The smallest absolute Gasteiger partial charge is 0.254 e. The number of anilines is 1. The third kappa shape index (κ3) is 5.48. The molecule has 0 bridgehead atoms. The first-order valence-corrected chi connectivity index (χ1v) is 9.17. The number of rotatable bonds is 7. The molecule has 0 unspecified atom stereocenters. The van der Waals surface area contributed by atoms with Crippen LogP contribution in [0.15, 0.2) is 78.9 Å². The van der Waals surface area contributed by atoms with Gasteiger partial charge in [0.25, 0.3) is 5.91 Å². The highest BCUT2D eigenvalue weighted by Crippen LogP contribution is 2.18. The largest absolute Gasteiger partial charge is 0.351 e. The standard InChI is InChI=1S/C23H20F2N2O2/c24-18-11-12-20(21(25)15-18)23(29)26-14-13-22(28)27(19-9-5-2-6-10-19)16-17-7-3-1-4-8-17/h1-12,15H,13-14,16H2,(H,26,29). The molecule has 0 aliphatic heterocycles. The molecule has 0 saturated heterocycles. The van der Waals surface area contributed by atoms with Crippen LogP contribution in [0.1, 0.15) is 22.3 Å². The summed E-state index contributed by atoms with van der Waals surface area (Å²) in [5, 5.41) is 2.51. The molecule has 0 heterocycles. The second-order valence-corrected chi connectivity index (χ2v) is 6.43. The van der Waals surface area contributed by atoms with Crippen LogP contribution in [0.3, 0.4) is 0 Å². The molecule has 0 saturated carbocycles. The Morgan fingerprint density at radius 1 is 0.862 bits per heavy atom. The van der Waals surface area contributed by atoms with Crippen molar-refractivity contribution in [3.8, 4) is 0 Å². The van der Waals surface area contributed by atoms with Gasteiger partial charge in [0.15, 0.2) is 0 Å². The van der Waals surface area contributed by atoms with Gasteiger partial charge in [-0.3, -0.25) is 9.59 Å². The van der Waals surface area contributed by atoms with Gasteiger partial charge in [0.05, 0.1) is 12.1 Å². The third-order valence-corrected chi connectivity index (χ3v) is 4.35. The number of carbonyl (C=O) groups is 2. The quantitative estimate of drug-likeness (QED) is 0.649. The Morgan fingerprint density at radius 2 is 1.52 bits per heavy atom. The molecule has 0 aliphatic carbocycles. The van der Waals surface area contributed by atoms with Crippen LogP contribution in [0, 0.1) is 11.6 Å². The monoisotopic (exact) mass is 394 g/mol. The highest BCUT2D eigenvalue weighted by molar-refractivity contribution is 5.96. The number of nitrogens with zero attached hydrogens (tertiary/aromatic N) is 1. The first-order chi connectivity index (χ1) is 14.0. The van der Waals surface area contributed by atoms with Gasteiger partial charge in [0.1, 0.15) is 11.6 Å². The topological polar surface area (TPSA) is 49.4 Å². The summed E-state index contributed by atoms with van der Waals surface area (Å²) in [6, 6.07) is 21.6. The van der Waals surface area contributed by atoms with E-state index in [1.54, 1.807) is 4.90 Å². The van der Waals surface area contributed by atoms with E-state index in [0.717, 1.165) is 23.4 Å². The van der Waals surface area contributed by atoms with Crippen LogP contribution in [0.5, 0.6) is 0 Å². The molecular weight excluding hydrogens is 374 g/mol. The van der Waals surface area contributed by atoms with Gasteiger partial charge in [-0.1, -0.05) is 48.5 Å². The van der Waals surface area contributed by atoms with Crippen LogP contribution < -0.4 is 10.2 Å². The van der Waals surface area contributed by atoms with Gasteiger partial charge in [-0.25, -0.2) is 8.78 Å². The molecule has 0 aliphatic rings. The molecule has 148 valence electrons. The number of hydrogen-bond acceptors (Lipinski definition) is 2. The summed E-state index contributed by atoms with van der Waals surface area (Å²) in [6.45, 7) is 0.427. The first-order valence-electron chi connectivity index (χ1n) is 9.17. The van der Waals surface area contributed by atoms with E-state index in [2.05, 4.69) is 5.32 Å². The van der Waals surface area contributed by atoms with Crippen molar-refractivity contribution >= 4 is 17.5 Å². The van der Waals surface area contributed by atoms with E-state index < -0.39 is 17.5 Å². The van der Waals surface area contributed by atoms with Crippen molar-refractivity contribution in [3.63, 3.8) is 0 Å². The summed E-state index contributed by atoms with van der Waals surface area (Å²) in [5.41, 5.74) is 1.46. The summed E-state index contributed by atoms with van der Waals surface area (Å²) in [5.74, 6) is -2.57. The minimum atomic E-state index is -0.941. The second-order valence-electron chi connectivity index (χ2n) is 6.43. The minimum absolute atomic E-state index is 0.0343. The van der Waals surface area contributed by atoms with Gasteiger partial charge in [-0.15, -0.1) is 0 Å². The van der Waals surface area contributed by atoms with E-state index in [0.29, 0.717) is 12.6 Å². The van der Waals surface area contributed by atoms with E-state index in [1.807, 2.05) is 60.7 Å². The second kappa shape index (κ2) is 9.59. The molecule has 0 fully saturated rings. The lowest BCUT2D eigenvalue weighted by Gasteiger charge is -2.23. The van der Waals surface area contributed by atoms with Crippen LogP contribution in [-0.4, -0.2) is 18.4 Å². The molecule has 3 rings (SSSR count). The van der Waals surface area contributed by atoms with Gasteiger partial charge in [-0.2, -0.15) is 0 Å². The Kier molecular flexibility index (Phi) is 6.68. The number of nitrogens with one attached hydrogen (secondary N) is 1. The van der Waals surface area contributed by atoms with Gasteiger partial charge in [-0.05, 0) is 29.8 Å². The zero-order valence-corrected chi connectivity index (χ0v) is 15.6. The molecule has 0 aromatic heterocycles. The van der Waals surface area contributed by atoms with Crippen LogP contribution >= 0.6 is 0 Å². The van der Waals surface area contributed by atoms with Crippen molar-refractivity contribution in [1.29, 1.82) is 0 Å². The highest BCUT2D eigenvalue weighted by atomic mass is 19.1. The zero-order valence-electron chi connectivity index (χ0n) is 15.6. The van der Waals surface area contributed by atoms with Crippen molar-refractivity contribution in [3.05, 3.63) is 102 Å². The zero-order chi connectivity index (χ0) is 20.6. The molecule has 0 radical (unpaired) electrons. The summed E-state index contributed by atoms with van der Waals surface area (Å²) in [4.78, 5) is 26.6. The summed E-state index contributed by atoms with van der Waals surface area (Å²) < 4.78 is 26.7. The van der Waals surface area contributed by atoms with E-state index in [-0.39, 0.29) is 24.4 Å². The maximum atomic E-state index is 13.7. The van der Waals surface area contributed by atoms with E-state index in [1.165, 1.54) is 0 Å². The van der Waals surface area contributed by atoms with Gasteiger partial charge in [0.2, 0.25) is 5.91 Å². The fourth-order valence-electron chi connectivity index (χ4n) is 2.88. The number of carbonyl (C=O) groups excluding carboxylic acids is 2. The fourth-order valence-corrected chi connectivity index (χ4v) is 2.88. The lowest BCUT2D eigenvalue weighted by molar-refractivity contribution is -0.118. The molecule has 1 N–H and O–H groups in total. The summed E-state index contributed by atoms with van der Waals surface area (Å²) in [7, 11) is 0. The normalized spacial score (nSPS) is 10.4. The van der Waals surface area contributed by atoms with Crippen LogP contribution in [0.25, 0.3) is 0 Å². The molecule has 0 atom stereocenters. The SMILES string of the molecule is O=C(NCCC(=O)N(Cc1ccccc1)c1ccccc1)c1ccc(F)cc1F. The summed E-state index contributed by atoms with van der Waals surface area (Å²) >= 11 is 0. The molecule has 3 aromatic carbocycles. The van der Waals surface area contributed by atoms with Crippen LogP contribution in [0.4, 0.5) is 14.5 Å². The maximum Gasteiger partial charge on any atom is 0.254 e. The molecule has 0 spiro atoms.